The van der Waals surface area contributed by atoms with Crippen LogP contribution in [-0.2, 0) is 0 Å². The maximum Gasteiger partial charge on any atom is 0.256 e. The molecule has 1 unspecified atom stereocenters. The number of nitrogens with zero attached hydrogens (tertiary/aromatic N) is 2. The molecular formula is C18H24ClN3O2. The minimum Gasteiger partial charge on any atom is -0.394 e. The number of aliphatic hydroxyl groups is 1. The van der Waals surface area contributed by atoms with Crippen molar-refractivity contribution in [2.24, 2.45) is 5.41 Å². The molecule has 1 atom stereocenters. The average Bonchev–Trinajstić information content (AvgIpc) is 2.81. The third kappa shape index (κ3) is 4.36. The Labute approximate surface area is 147 Å². The van der Waals surface area contributed by atoms with E-state index in [1.807, 2.05) is 30.3 Å². The first-order valence-electron chi connectivity index (χ1n) is 7.95. The molecule has 0 radical (unpaired) electrons. The van der Waals surface area contributed by atoms with Gasteiger partial charge in [0.05, 0.1) is 29.6 Å². The summed E-state index contributed by atoms with van der Waals surface area (Å²) in [5.41, 5.74) is 1.67. The zero-order chi connectivity index (χ0) is 17.9. The molecule has 0 bridgehead atoms. The van der Waals surface area contributed by atoms with E-state index in [1.165, 1.54) is 0 Å². The summed E-state index contributed by atoms with van der Waals surface area (Å²) in [4.78, 5) is 12.6. The second-order valence-electron chi connectivity index (χ2n) is 7.12. The molecule has 2 aromatic rings. The molecule has 0 saturated heterocycles. The lowest BCUT2D eigenvalue weighted by Crippen LogP contribution is -2.40. The third-order valence-corrected chi connectivity index (χ3v) is 4.00. The van der Waals surface area contributed by atoms with Crippen molar-refractivity contribution in [3.05, 3.63) is 46.7 Å². The van der Waals surface area contributed by atoms with Crippen molar-refractivity contribution in [1.82, 2.24) is 15.1 Å². The quantitative estimate of drug-likeness (QED) is 0.869. The standard InChI is InChI=1S/C18H24ClN3O2/c1-12-15(17(24)20-13(11-23)10-18(2,3)4)16(19)22(21-12)14-8-6-5-7-9-14/h5-9,13,23H,10-11H2,1-4H3,(H,20,24). The van der Waals surface area contributed by atoms with Gasteiger partial charge in [-0.3, -0.25) is 4.79 Å². The van der Waals surface area contributed by atoms with Crippen LogP contribution in [0.2, 0.25) is 5.15 Å². The number of para-hydroxylation sites is 1. The van der Waals surface area contributed by atoms with E-state index >= 15 is 0 Å². The van der Waals surface area contributed by atoms with E-state index in [1.54, 1.807) is 11.6 Å². The highest BCUT2D eigenvalue weighted by atomic mass is 35.5. The first-order valence-corrected chi connectivity index (χ1v) is 8.33. The Balaban J connectivity index is 2.26. The highest BCUT2D eigenvalue weighted by Crippen LogP contribution is 2.25. The van der Waals surface area contributed by atoms with Crippen molar-refractivity contribution in [3.63, 3.8) is 0 Å². The minimum atomic E-state index is -0.326. The lowest BCUT2D eigenvalue weighted by Gasteiger charge is -2.25. The molecular weight excluding hydrogens is 326 g/mol. The number of benzene rings is 1. The SMILES string of the molecule is Cc1nn(-c2ccccc2)c(Cl)c1C(=O)NC(CO)CC(C)(C)C. The van der Waals surface area contributed by atoms with Gasteiger partial charge >= 0.3 is 0 Å². The van der Waals surface area contributed by atoms with Gasteiger partial charge in [-0.05, 0) is 30.9 Å². The van der Waals surface area contributed by atoms with E-state index in [-0.39, 0.29) is 29.1 Å². The van der Waals surface area contributed by atoms with Crippen LogP contribution in [-0.4, -0.2) is 33.4 Å². The minimum absolute atomic E-state index is 0.00621. The number of halogens is 1. The fraction of sp³-hybridized carbons (Fsp3) is 0.444. The van der Waals surface area contributed by atoms with E-state index in [2.05, 4.69) is 31.2 Å². The van der Waals surface area contributed by atoms with Crippen molar-refractivity contribution in [1.29, 1.82) is 0 Å². The van der Waals surface area contributed by atoms with E-state index < -0.39 is 0 Å². The zero-order valence-corrected chi connectivity index (χ0v) is 15.3. The highest BCUT2D eigenvalue weighted by molar-refractivity contribution is 6.33. The molecule has 0 saturated carbocycles. The summed E-state index contributed by atoms with van der Waals surface area (Å²) in [5, 5.41) is 17.0. The summed E-state index contributed by atoms with van der Waals surface area (Å²) in [6.07, 6.45) is 0.665. The van der Waals surface area contributed by atoms with Gasteiger partial charge in [-0.15, -0.1) is 0 Å². The average molecular weight is 350 g/mol. The lowest BCUT2D eigenvalue weighted by atomic mass is 9.88. The summed E-state index contributed by atoms with van der Waals surface area (Å²) < 4.78 is 1.55. The Bertz CT molecular complexity index is 705. The van der Waals surface area contributed by atoms with Gasteiger partial charge in [0.2, 0.25) is 0 Å². The van der Waals surface area contributed by atoms with Gasteiger partial charge in [0.1, 0.15) is 5.15 Å². The maximum absolute atomic E-state index is 12.6. The molecule has 1 amide bonds. The second-order valence-corrected chi connectivity index (χ2v) is 7.47. The predicted molar refractivity (Wildman–Crippen MR) is 95.7 cm³/mol. The molecule has 1 aromatic heterocycles. The van der Waals surface area contributed by atoms with Crippen LogP contribution < -0.4 is 5.32 Å². The van der Waals surface area contributed by atoms with Gasteiger partial charge in [-0.1, -0.05) is 50.6 Å². The van der Waals surface area contributed by atoms with E-state index in [0.717, 1.165) is 5.69 Å². The van der Waals surface area contributed by atoms with Crippen LogP contribution in [0.4, 0.5) is 0 Å². The fourth-order valence-corrected chi connectivity index (χ4v) is 3.01. The molecule has 24 heavy (non-hydrogen) atoms. The predicted octanol–water partition coefficient (Wildman–Crippen LogP) is 3.36. The van der Waals surface area contributed by atoms with Gasteiger partial charge in [0.15, 0.2) is 0 Å². The van der Waals surface area contributed by atoms with Crippen LogP contribution in [0.1, 0.15) is 43.2 Å². The largest absolute Gasteiger partial charge is 0.394 e. The molecule has 1 aromatic carbocycles. The monoisotopic (exact) mass is 349 g/mol. The summed E-state index contributed by atoms with van der Waals surface area (Å²) in [5.74, 6) is -0.317. The van der Waals surface area contributed by atoms with Crippen molar-refractivity contribution in [2.75, 3.05) is 6.61 Å². The normalized spacial score (nSPS) is 12.9. The van der Waals surface area contributed by atoms with Crippen LogP contribution in [0, 0.1) is 12.3 Å². The van der Waals surface area contributed by atoms with Crippen molar-refractivity contribution in [3.8, 4) is 5.69 Å². The number of hydrogen-bond acceptors (Lipinski definition) is 3. The molecule has 0 aliphatic carbocycles. The Hall–Kier alpha value is -1.85. The molecule has 2 rings (SSSR count). The molecule has 0 aliphatic rings. The molecule has 0 spiro atoms. The van der Waals surface area contributed by atoms with E-state index in [0.29, 0.717) is 17.7 Å². The van der Waals surface area contributed by atoms with Crippen LogP contribution in [0.25, 0.3) is 5.69 Å². The first kappa shape index (κ1) is 18.5. The van der Waals surface area contributed by atoms with Crippen molar-refractivity contribution < 1.29 is 9.90 Å². The summed E-state index contributed by atoms with van der Waals surface area (Å²) in [7, 11) is 0. The van der Waals surface area contributed by atoms with Crippen LogP contribution in [0.5, 0.6) is 0 Å². The maximum atomic E-state index is 12.6. The van der Waals surface area contributed by atoms with E-state index in [4.69, 9.17) is 11.6 Å². The smallest absolute Gasteiger partial charge is 0.256 e. The molecule has 1 heterocycles. The molecule has 5 nitrogen and oxygen atoms in total. The lowest BCUT2D eigenvalue weighted by molar-refractivity contribution is 0.0897. The zero-order valence-electron chi connectivity index (χ0n) is 14.5. The Morgan fingerprint density at radius 2 is 1.96 bits per heavy atom. The van der Waals surface area contributed by atoms with Crippen LogP contribution in [0.15, 0.2) is 30.3 Å². The number of aliphatic hydroxyl groups excluding tert-OH is 1. The number of aryl methyl sites for hydroxylation is 1. The van der Waals surface area contributed by atoms with Gasteiger partial charge in [0.25, 0.3) is 5.91 Å². The molecule has 0 aliphatic heterocycles. The Morgan fingerprint density at radius 1 is 1.33 bits per heavy atom. The topological polar surface area (TPSA) is 67.2 Å². The number of rotatable bonds is 5. The summed E-state index contributed by atoms with van der Waals surface area (Å²) in [6.45, 7) is 7.82. The number of amides is 1. The van der Waals surface area contributed by atoms with Gasteiger partial charge in [0, 0.05) is 0 Å². The van der Waals surface area contributed by atoms with Gasteiger partial charge in [-0.25, -0.2) is 4.68 Å². The van der Waals surface area contributed by atoms with Gasteiger partial charge < -0.3 is 10.4 Å². The van der Waals surface area contributed by atoms with E-state index in [9.17, 15) is 9.90 Å². The highest BCUT2D eigenvalue weighted by Gasteiger charge is 2.25. The number of aromatic nitrogens is 2. The van der Waals surface area contributed by atoms with Crippen molar-refractivity contribution >= 4 is 17.5 Å². The number of hydrogen-bond donors (Lipinski definition) is 2. The molecule has 130 valence electrons. The molecule has 2 N–H and O–H groups in total. The summed E-state index contributed by atoms with van der Waals surface area (Å²) in [6, 6.07) is 9.08. The summed E-state index contributed by atoms with van der Waals surface area (Å²) >= 11 is 6.40. The number of nitrogens with one attached hydrogen (secondary N) is 1. The van der Waals surface area contributed by atoms with Gasteiger partial charge in [-0.2, -0.15) is 5.10 Å². The number of carbonyl (C=O) groups excluding carboxylic acids is 1. The number of carbonyl (C=O) groups is 1. The first-order chi connectivity index (χ1) is 11.2. The molecule has 6 heteroatoms. The Kier molecular flexibility index (Phi) is 5.67. The Morgan fingerprint density at radius 3 is 2.50 bits per heavy atom. The second kappa shape index (κ2) is 7.36. The van der Waals surface area contributed by atoms with Crippen LogP contribution >= 0.6 is 11.6 Å². The van der Waals surface area contributed by atoms with Crippen molar-refractivity contribution in [2.45, 2.75) is 40.2 Å². The van der Waals surface area contributed by atoms with Crippen LogP contribution in [0.3, 0.4) is 0 Å². The molecule has 0 fully saturated rings. The fourth-order valence-electron chi connectivity index (χ4n) is 2.66. The third-order valence-electron chi connectivity index (χ3n) is 3.65.